The van der Waals surface area contributed by atoms with E-state index in [0.717, 1.165) is 62.7 Å². The maximum atomic E-state index is 13.3. The SMILES string of the molecule is [B]c1cnc(Nc2cc(CC)c(N3CCC(N4CCN(C)CC4)CC3)cc2OC)nc1Nc1ccc(-c2ncco2)cc1P(C)(C)=O. The number of piperidine rings is 1. The lowest BCUT2D eigenvalue weighted by Gasteiger charge is -2.43. The second-order valence-electron chi connectivity index (χ2n) is 12.8. The number of aromatic nitrogens is 3. The Balaban J connectivity index is 1.21. The number of methoxy groups -OCH3 is 1. The number of ether oxygens (including phenoxy) is 1. The molecule has 4 aromatic rings. The zero-order chi connectivity index (χ0) is 33.1. The number of aryl methyl sites for hydroxylation is 1. The summed E-state index contributed by atoms with van der Waals surface area (Å²) in [6, 6.07) is 10.5. The van der Waals surface area contributed by atoms with Gasteiger partial charge in [0.05, 0.1) is 24.7 Å². The standard InChI is InChI=1S/C34H44BN8O3P/c1-6-23-19-28(30(45-3)21-29(23)43-12-9-25(10-13-43)42-16-14-41(2)15-17-42)39-34-37-22-26(35)32(40-34)38-27-8-7-24(33-36-11-18-46-33)20-31(27)47(4,5)44/h7-8,11,18-22,25H,6,9-10,12-17H2,1-5H3,(H2,37,38,39,40). The van der Waals surface area contributed by atoms with Crippen molar-refractivity contribution in [3.8, 4) is 17.2 Å². The highest BCUT2D eigenvalue weighted by Gasteiger charge is 2.28. The average Bonchev–Trinajstić information content (AvgIpc) is 3.61. The first-order valence-corrected chi connectivity index (χ1v) is 18.9. The number of nitrogens with one attached hydrogen (secondary N) is 2. The number of piperazine rings is 1. The molecule has 2 aromatic carbocycles. The summed E-state index contributed by atoms with van der Waals surface area (Å²) in [7, 11) is 7.51. The summed E-state index contributed by atoms with van der Waals surface area (Å²) in [5, 5.41) is 7.29. The van der Waals surface area contributed by atoms with Crippen LogP contribution >= 0.6 is 7.14 Å². The Bertz CT molecular complexity index is 1730. The van der Waals surface area contributed by atoms with E-state index in [9.17, 15) is 4.57 Å². The number of nitrogens with zero attached hydrogens (tertiary/aromatic N) is 6. The Morgan fingerprint density at radius 3 is 2.45 bits per heavy atom. The summed E-state index contributed by atoms with van der Waals surface area (Å²) >= 11 is 0. The lowest BCUT2D eigenvalue weighted by molar-refractivity contribution is 0.0982. The molecule has 0 unspecified atom stereocenters. The first-order valence-electron chi connectivity index (χ1n) is 16.3. The van der Waals surface area contributed by atoms with E-state index in [0.29, 0.717) is 40.2 Å². The highest BCUT2D eigenvalue weighted by molar-refractivity contribution is 7.70. The predicted octanol–water partition coefficient (Wildman–Crippen LogP) is 4.45. The number of likely N-dealkylation sites (N-methyl/N-ethyl adjacent to an activating group) is 1. The number of hydrogen-bond donors (Lipinski definition) is 2. The summed E-state index contributed by atoms with van der Waals surface area (Å²) < 4.78 is 24.7. The summed E-state index contributed by atoms with van der Waals surface area (Å²) in [6.07, 6.45) is 7.86. The molecule has 2 fully saturated rings. The van der Waals surface area contributed by atoms with Crippen LogP contribution in [0.1, 0.15) is 25.3 Å². The van der Waals surface area contributed by atoms with Crippen molar-refractivity contribution in [3.05, 3.63) is 54.6 Å². The van der Waals surface area contributed by atoms with E-state index in [4.69, 9.17) is 22.0 Å². The molecule has 0 atom stereocenters. The zero-order valence-electron chi connectivity index (χ0n) is 28.0. The molecule has 246 valence electrons. The minimum absolute atomic E-state index is 0.358. The smallest absolute Gasteiger partial charge is 0.229 e. The van der Waals surface area contributed by atoms with E-state index in [1.54, 1.807) is 32.8 Å². The van der Waals surface area contributed by atoms with Crippen LogP contribution in [0.15, 0.2) is 53.4 Å². The second-order valence-corrected chi connectivity index (χ2v) is 15.9. The normalized spacial score (nSPS) is 16.7. The van der Waals surface area contributed by atoms with E-state index in [-0.39, 0.29) is 0 Å². The van der Waals surface area contributed by atoms with Crippen LogP contribution < -0.4 is 31.0 Å². The molecule has 2 aromatic heterocycles. The molecule has 4 heterocycles. The van der Waals surface area contributed by atoms with Gasteiger partial charge in [-0.05, 0) is 74.9 Å². The Morgan fingerprint density at radius 2 is 1.79 bits per heavy atom. The van der Waals surface area contributed by atoms with E-state index in [1.165, 1.54) is 30.4 Å². The van der Waals surface area contributed by atoms with Gasteiger partial charge < -0.3 is 34.2 Å². The van der Waals surface area contributed by atoms with Gasteiger partial charge in [-0.3, -0.25) is 4.90 Å². The van der Waals surface area contributed by atoms with Gasteiger partial charge >= 0.3 is 0 Å². The molecule has 0 saturated carbocycles. The molecule has 2 aliphatic rings. The minimum Gasteiger partial charge on any atom is -0.494 e. The molecule has 2 saturated heterocycles. The highest BCUT2D eigenvalue weighted by atomic mass is 31.2. The first kappa shape index (κ1) is 33.1. The van der Waals surface area contributed by atoms with Crippen molar-refractivity contribution in [2.24, 2.45) is 0 Å². The quantitative estimate of drug-likeness (QED) is 0.187. The lowest BCUT2D eigenvalue weighted by Crippen LogP contribution is -2.52. The van der Waals surface area contributed by atoms with Crippen molar-refractivity contribution in [1.29, 1.82) is 0 Å². The van der Waals surface area contributed by atoms with Crippen LogP contribution in [-0.4, -0.2) is 105 Å². The van der Waals surface area contributed by atoms with Crippen molar-refractivity contribution in [1.82, 2.24) is 24.8 Å². The van der Waals surface area contributed by atoms with Crippen molar-refractivity contribution >= 4 is 54.6 Å². The van der Waals surface area contributed by atoms with Crippen molar-refractivity contribution in [2.75, 3.05) is 82.3 Å². The number of benzene rings is 2. The molecular weight excluding hydrogens is 610 g/mol. The first-order chi connectivity index (χ1) is 22.6. The van der Waals surface area contributed by atoms with Crippen molar-refractivity contribution in [3.63, 3.8) is 0 Å². The molecule has 2 radical (unpaired) electrons. The molecule has 11 nitrogen and oxygen atoms in total. The largest absolute Gasteiger partial charge is 0.494 e. The molecule has 47 heavy (non-hydrogen) atoms. The van der Waals surface area contributed by atoms with Crippen molar-refractivity contribution < 1.29 is 13.7 Å². The summed E-state index contributed by atoms with van der Waals surface area (Å²) in [5.41, 5.74) is 4.96. The fourth-order valence-corrected chi connectivity index (χ4v) is 7.66. The molecule has 0 aliphatic carbocycles. The Morgan fingerprint density at radius 1 is 1.02 bits per heavy atom. The van der Waals surface area contributed by atoms with Gasteiger partial charge in [-0.2, -0.15) is 4.98 Å². The molecule has 0 bridgehead atoms. The van der Waals surface area contributed by atoms with Crippen LogP contribution in [0.3, 0.4) is 0 Å². The van der Waals surface area contributed by atoms with Crippen LogP contribution in [0.5, 0.6) is 5.75 Å². The second kappa shape index (κ2) is 14.1. The number of anilines is 5. The monoisotopic (exact) mass is 654 g/mol. The van der Waals surface area contributed by atoms with E-state index >= 15 is 0 Å². The third-order valence-corrected chi connectivity index (χ3v) is 10.7. The molecule has 0 amide bonds. The molecule has 13 heteroatoms. The maximum Gasteiger partial charge on any atom is 0.229 e. The number of hydrogen-bond acceptors (Lipinski definition) is 11. The summed E-state index contributed by atoms with van der Waals surface area (Å²) in [5.74, 6) is 1.93. The van der Waals surface area contributed by atoms with Gasteiger partial charge in [0.2, 0.25) is 11.8 Å². The Labute approximate surface area is 278 Å². The molecular formula is C34H44BN8O3P. The van der Waals surface area contributed by atoms with E-state index in [2.05, 4.69) is 61.4 Å². The van der Waals surface area contributed by atoms with Crippen molar-refractivity contribution in [2.45, 2.75) is 32.2 Å². The number of oxazole rings is 1. The molecule has 6 rings (SSSR count). The van der Waals surface area contributed by atoms with Gasteiger partial charge in [-0.25, -0.2) is 9.97 Å². The summed E-state index contributed by atoms with van der Waals surface area (Å²) in [4.78, 5) is 21.0. The van der Waals surface area contributed by atoms with Crippen LogP contribution in [-0.2, 0) is 11.0 Å². The highest BCUT2D eigenvalue weighted by Crippen LogP contribution is 2.40. The fourth-order valence-electron chi connectivity index (χ4n) is 6.50. The Kier molecular flexibility index (Phi) is 9.92. The molecule has 2 aliphatic heterocycles. The third kappa shape index (κ3) is 7.50. The maximum absolute atomic E-state index is 13.3. The topological polar surface area (TPSA) is 112 Å². The van der Waals surface area contributed by atoms with Crippen LogP contribution in [0.4, 0.5) is 28.8 Å². The zero-order valence-corrected chi connectivity index (χ0v) is 28.9. The van der Waals surface area contributed by atoms with Gasteiger partial charge in [-0.15, -0.1) is 0 Å². The van der Waals surface area contributed by atoms with Crippen LogP contribution in [0.25, 0.3) is 11.5 Å². The molecule has 2 N–H and O–H groups in total. The van der Waals surface area contributed by atoms with Gasteiger partial charge in [0.1, 0.15) is 32.8 Å². The van der Waals surface area contributed by atoms with E-state index in [1.807, 2.05) is 18.2 Å². The van der Waals surface area contributed by atoms with Crippen LogP contribution in [0, 0.1) is 0 Å². The van der Waals surface area contributed by atoms with Gasteiger partial charge in [0, 0.05) is 74.1 Å². The lowest BCUT2D eigenvalue weighted by atomic mass is 9.99. The van der Waals surface area contributed by atoms with Gasteiger partial charge in [-0.1, -0.05) is 6.92 Å². The number of rotatable bonds is 10. The molecule has 0 spiro atoms. The Hall–Kier alpha value is -3.86. The van der Waals surface area contributed by atoms with Crippen LogP contribution in [0.2, 0.25) is 0 Å². The minimum atomic E-state index is -2.71. The average molecular weight is 655 g/mol. The summed E-state index contributed by atoms with van der Waals surface area (Å²) in [6.45, 7) is 12.3. The van der Waals surface area contributed by atoms with Gasteiger partial charge in [0.25, 0.3) is 0 Å². The van der Waals surface area contributed by atoms with Gasteiger partial charge in [0.15, 0.2) is 0 Å². The predicted molar refractivity (Wildman–Crippen MR) is 192 cm³/mol. The third-order valence-electron chi connectivity index (χ3n) is 9.21. The fraction of sp³-hybridized carbons (Fsp3) is 0.441. The van der Waals surface area contributed by atoms with E-state index < -0.39 is 7.14 Å².